The van der Waals surface area contributed by atoms with E-state index in [2.05, 4.69) is 0 Å². The number of allylic oxidation sites excluding steroid dienone is 1. The predicted molar refractivity (Wildman–Crippen MR) is 149 cm³/mol. The van der Waals surface area contributed by atoms with Crippen LogP contribution in [0.25, 0.3) is 0 Å². The molecule has 2 unspecified atom stereocenters. The molecule has 0 radical (unpaired) electrons. The van der Waals surface area contributed by atoms with Gasteiger partial charge in [0.2, 0.25) is 5.78 Å². The molecule has 0 amide bonds. The number of carbonyl (C=O) groups is 4. The van der Waals surface area contributed by atoms with Gasteiger partial charge in [0.15, 0.2) is 11.4 Å². The molecule has 4 aliphatic rings. The number of ketones is 1. The Hall–Kier alpha value is -3.28. The van der Waals surface area contributed by atoms with Gasteiger partial charge in [0.05, 0.1) is 36.7 Å². The van der Waals surface area contributed by atoms with Crippen LogP contribution in [0.4, 0.5) is 4.79 Å². The summed E-state index contributed by atoms with van der Waals surface area (Å²) in [7, 11) is 1.13. The summed E-state index contributed by atoms with van der Waals surface area (Å²) < 4.78 is 28.5. The number of esters is 2. The Labute approximate surface area is 250 Å². The third-order valence-corrected chi connectivity index (χ3v) is 10.7. The first-order chi connectivity index (χ1) is 20.1. The minimum Gasteiger partial charge on any atom is -0.455 e. The molecule has 0 spiro atoms. The fourth-order valence-corrected chi connectivity index (χ4v) is 8.09. The van der Waals surface area contributed by atoms with Crippen LogP contribution in [0.2, 0.25) is 0 Å². The maximum Gasteiger partial charge on any atom is 0.508 e. The Bertz CT molecular complexity index is 1370. The molecule has 1 aromatic carbocycles. The van der Waals surface area contributed by atoms with Gasteiger partial charge in [0.1, 0.15) is 17.8 Å². The predicted octanol–water partition coefficient (Wildman–Crippen LogP) is 3.35. The Morgan fingerprint density at radius 3 is 2.28 bits per heavy atom. The highest BCUT2D eigenvalue weighted by molar-refractivity contribution is 6.02. The van der Waals surface area contributed by atoms with Crippen LogP contribution in [-0.4, -0.2) is 77.3 Å². The summed E-state index contributed by atoms with van der Waals surface area (Å²) in [4.78, 5) is 53.9. The summed E-state index contributed by atoms with van der Waals surface area (Å²) in [5.41, 5.74) is -6.14. The second-order valence-electron chi connectivity index (χ2n) is 13.2. The van der Waals surface area contributed by atoms with Gasteiger partial charge >= 0.3 is 18.1 Å². The van der Waals surface area contributed by atoms with Gasteiger partial charge in [0.25, 0.3) is 0 Å². The fraction of sp³-hybridized carbons (Fsp3) is 0.625. The molecule has 5 rings (SSSR count). The number of carbonyl (C=O) groups excluding carboxylic acids is 4. The van der Waals surface area contributed by atoms with Crippen molar-refractivity contribution in [3.8, 4) is 0 Å². The number of hydrogen-bond donors (Lipinski definition) is 2. The minimum atomic E-state index is -1.90. The lowest BCUT2D eigenvalue weighted by Crippen LogP contribution is -2.81. The number of Topliss-reactive ketones (excluding diaryl/α,β-unsaturated/α-hetero) is 1. The van der Waals surface area contributed by atoms with Crippen molar-refractivity contribution in [2.75, 3.05) is 13.7 Å². The van der Waals surface area contributed by atoms with Crippen molar-refractivity contribution in [2.24, 2.45) is 28.6 Å². The van der Waals surface area contributed by atoms with Crippen molar-refractivity contribution >= 4 is 23.9 Å². The van der Waals surface area contributed by atoms with Crippen molar-refractivity contribution < 1.29 is 53.1 Å². The molecule has 43 heavy (non-hydrogen) atoms. The van der Waals surface area contributed by atoms with E-state index in [1.165, 1.54) is 13.8 Å². The Balaban J connectivity index is 1.86. The van der Waals surface area contributed by atoms with E-state index in [-0.39, 0.29) is 42.6 Å². The maximum absolute atomic E-state index is 14.9. The Morgan fingerprint density at radius 1 is 1.07 bits per heavy atom. The second kappa shape index (κ2) is 10.4. The molecule has 3 fully saturated rings. The van der Waals surface area contributed by atoms with Crippen LogP contribution < -0.4 is 0 Å². The van der Waals surface area contributed by atoms with Gasteiger partial charge in [-0.25, -0.2) is 9.59 Å². The number of fused-ring (bicyclic) bond motifs is 5. The van der Waals surface area contributed by atoms with Crippen molar-refractivity contribution in [1.29, 1.82) is 0 Å². The second-order valence-corrected chi connectivity index (χ2v) is 13.2. The maximum atomic E-state index is 14.9. The van der Waals surface area contributed by atoms with Gasteiger partial charge in [-0.15, -0.1) is 0 Å². The molecule has 2 saturated carbocycles. The van der Waals surface area contributed by atoms with Gasteiger partial charge in [0, 0.05) is 18.8 Å². The third kappa shape index (κ3) is 4.34. The van der Waals surface area contributed by atoms with Gasteiger partial charge < -0.3 is 33.9 Å². The normalized spacial score (nSPS) is 39.6. The molecule has 1 saturated heterocycles. The molecule has 11 heteroatoms. The zero-order valence-corrected chi connectivity index (χ0v) is 25.5. The number of rotatable bonds is 4. The summed E-state index contributed by atoms with van der Waals surface area (Å²) in [5, 5.41) is 24.8. The number of benzene rings is 1. The number of methoxy groups -OCH3 is 1. The van der Waals surface area contributed by atoms with Crippen LogP contribution in [0.1, 0.15) is 64.7 Å². The molecule has 0 aromatic heterocycles. The molecular weight excluding hydrogens is 560 g/mol. The first-order valence-corrected chi connectivity index (χ1v) is 14.6. The molecule has 234 valence electrons. The molecule has 9 atom stereocenters. The molecule has 1 aromatic rings. The van der Waals surface area contributed by atoms with Crippen LogP contribution in [0, 0.1) is 28.6 Å². The SMILES string of the molecule is COC(=O)O[C@@]12CO[C@@H]1C[C@H](O)[C@@]1(C)C(=O)C(OC(C)=O)=C3C(C)[C@@H](C)C[C@@](O)([C@@H](OC(=O)c4ccccc4)C12)C3(C)C. The van der Waals surface area contributed by atoms with Crippen LogP contribution in [0.3, 0.4) is 0 Å². The number of aliphatic hydroxyl groups is 2. The first kappa shape index (κ1) is 31.2. The van der Waals surface area contributed by atoms with Crippen molar-refractivity contribution in [2.45, 2.75) is 83.9 Å². The van der Waals surface area contributed by atoms with Gasteiger partial charge in [-0.2, -0.15) is 0 Å². The van der Waals surface area contributed by atoms with Crippen molar-refractivity contribution in [3.05, 3.63) is 47.2 Å². The summed E-state index contributed by atoms with van der Waals surface area (Å²) >= 11 is 0. The van der Waals surface area contributed by atoms with Crippen LogP contribution >= 0.6 is 0 Å². The topological polar surface area (TPSA) is 155 Å². The van der Waals surface area contributed by atoms with Crippen LogP contribution in [0.5, 0.6) is 0 Å². The lowest BCUT2D eigenvalue weighted by atomic mass is 9.44. The van der Waals surface area contributed by atoms with E-state index in [1.54, 1.807) is 44.2 Å². The quantitative estimate of drug-likeness (QED) is 0.386. The van der Waals surface area contributed by atoms with Crippen LogP contribution in [-0.2, 0) is 33.3 Å². The summed E-state index contributed by atoms with van der Waals surface area (Å²) in [6.07, 6.45) is -4.90. The molecule has 2 N–H and O–H groups in total. The average Bonchev–Trinajstić information content (AvgIpc) is 2.95. The molecule has 1 aliphatic heterocycles. The minimum absolute atomic E-state index is 0.113. The highest BCUT2D eigenvalue weighted by atomic mass is 16.8. The van der Waals surface area contributed by atoms with Gasteiger partial charge in [-0.1, -0.05) is 45.9 Å². The van der Waals surface area contributed by atoms with Gasteiger partial charge in [-0.3, -0.25) is 9.59 Å². The van der Waals surface area contributed by atoms with Crippen molar-refractivity contribution in [1.82, 2.24) is 0 Å². The van der Waals surface area contributed by atoms with Gasteiger partial charge in [-0.05, 0) is 42.9 Å². The van der Waals surface area contributed by atoms with E-state index < -0.39 is 70.1 Å². The van der Waals surface area contributed by atoms with Crippen LogP contribution in [0.15, 0.2) is 41.7 Å². The molecule has 2 bridgehead atoms. The van der Waals surface area contributed by atoms with Crippen molar-refractivity contribution in [3.63, 3.8) is 0 Å². The van der Waals surface area contributed by atoms with E-state index in [1.807, 2.05) is 13.8 Å². The smallest absolute Gasteiger partial charge is 0.455 e. The Morgan fingerprint density at radius 2 is 1.72 bits per heavy atom. The highest BCUT2D eigenvalue weighted by Crippen LogP contribution is 2.65. The van der Waals surface area contributed by atoms with E-state index in [0.717, 1.165) is 7.11 Å². The molecular formula is C32H40O11. The number of aliphatic hydroxyl groups excluding tert-OH is 1. The third-order valence-electron chi connectivity index (χ3n) is 10.7. The largest absolute Gasteiger partial charge is 0.508 e. The van der Waals surface area contributed by atoms with E-state index in [4.69, 9.17) is 23.7 Å². The molecule has 11 nitrogen and oxygen atoms in total. The van der Waals surface area contributed by atoms with E-state index >= 15 is 0 Å². The number of ether oxygens (including phenoxy) is 5. The lowest BCUT2D eigenvalue weighted by Gasteiger charge is -2.67. The molecule has 3 aliphatic carbocycles. The monoisotopic (exact) mass is 600 g/mol. The summed E-state index contributed by atoms with van der Waals surface area (Å²) in [5.74, 6) is -4.45. The van der Waals surface area contributed by atoms with E-state index in [9.17, 15) is 29.4 Å². The lowest BCUT2D eigenvalue weighted by molar-refractivity contribution is -0.343. The highest BCUT2D eigenvalue weighted by Gasteiger charge is 2.78. The first-order valence-electron chi connectivity index (χ1n) is 14.6. The standard InChI is InChI=1S/C32H40O11/c1-16-14-32(38)26(42-27(36)19-11-9-8-10-12-19)24-30(6,20(34)13-21-31(24,15-40-21)43-28(37)39-7)25(35)23(41-18(3)33)22(17(16)2)29(32,4)5/h8-12,16-17,20-21,24,26,34,38H,13-15H2,1-7H3/t16-,17?,20-,21+,24?,26-,30+,31-,32+/m0/s1. The molecule has 1 heterocycles. The summed E-state index contributed by atoms with van der Waals surface area (Å²) in [6, 6.07) is 8.20. The Kier molecular flexibility index (Phi) is 7.55. The van der Waals surface area contributed by atoms with E-state index in [0.29, 0.717) is 5.57 Å². The zero-order chi connectivity index (χ0) is 31.7. The average molecular weight is 601 g/mol. The number of hydrogen-bond acceptors (Lipinski definition) is 11. The fourth-order valence-electron chi connectivity index (χ4n) is 8.09. The summed E-state index contributed by atoms with van der Waals surface area (Å²) in [6.45, 7) is 9.65. The zero-order valence-electron chi connectivity index (χ0n) is 25.5.